The molecule has 35 heavy (non-hydrogen) atoms. The van der Waals surface area contributed by atoms with Gasteiger partial charge in [0.2, 0.25) is 0 Å². The van der Waals surface area contributed by atoms with E-state index < -0.39 is 0 Å². The number of H-pyrrole nitrogens is 1. The zero-order chi connectivity index (χ0) is 24.9. The van der Waals surface area contributed by atoms with Crippen LogP contribution < -0.4 is 15.6 Å². The molecule has 2 N–H and O–H groups in total. The lowest BCUT2D eigenvalue weighted by atomic mass is 10.1. The van der Waals surface area contributed by atoms with Gasteiger partial charge in [-0.2, -0.15) is 0 Å². The minimum absolute atomic E-state index is 0.157. The van der Waals surface area contributed by atoms with Crippen LogP contribution in [0.2, 0.25) is 0 Å². The molecule has 1 amide bonds. The maximum Gasteiger partial charge on any atom is 0.263 e. The summed E-state index contributed by atoms with van der Waals surface area (Å²) in [6, 6.07) is 12.8. The Balaban J connectivity index is 1.53. The first-order valence-electron chi connectivity index (χ1n) is 11.7. The smallest absolute Gasteiger partial charge is 0.263 e. The van der Waals surface area contributed by atoms with Gasteiger partial charge in [-0.3, -0.25) is 19.1 Å². The number of ether oxygens (including phenoxy) is 1. The summed E-state index contributed by atoms with van der Waals surface area (Å²) in [6.45, 7) is 8.20. The second-order valence-corrected chi connectivity index (χ2v) is 8.66. The number of imidazole rings is 1. The van der Waals surface area contributed by atoms with Crippen molar-refractivity contribution in [3.8, 4) is 11.4 Å². The van der Waals surface area contributed by atoms with Crippen molar-refractivity contribution in [1.29, 1.82) is 0 Å². The number of rotatable bonds is 9. The van der Waals surface area contributed by atoms with E-state index in [1.807, 2.05) is 58.3 Å². The number of carbonyl (C=O) groups excluding carboxylic acids is 1. The third-order valence-electron chi connectivity index (χ3n) is 5.88. The average molecular weight is 474 g/mol. The number of amides is 1. The quantitative estimate of drug-likeness (QED) is 0.388. The van der Waals surface area contributed by atoms with Crippen LogP contribution in [0.5, 0.6) is 5.75 Å². The summed E-state index contributed by atoms with van der Waals surface area (Å²) >= 11 is 0. The Labute approximate surface area is 204 Å². The highest BCUT2D eigenvalue weighted by molar-refractivity contribution is 5.95. The highest BCUT2D eigenvalue weighted by Gasteiger charge is 2.12. The van der Waals surface area contributed by atoms with E-state index in [4.69, 9.17) is 4.74 Å². The fraction of sp³-hybridized carbons (Fsp3) is 0.296. The minimum Gasteiger partial charge on any atom is -0.492 e. The molecule has 0 aliphatic carbocycles. The van der Waals surface area contributed by atoms with Crippen molar-refractivity contribution in [3.63, 3.8) is 0 Å². The molecular formula is C27H31N5O3. The maximum absolute atomic E-state index is 13.4. The Bertz CT molecular complexity index is 1410. The zero-order valence-corrected chi connectivity index (χ0v) is 20.6. The van der Waals surface area contributed by atoms with Crippen molar-refractivity contribution in [3.05, 3.63) is 87.9 Å². The molecule has 0 aliphatic rings. The van der Waals surface area contributed by atoms with Crippen LogP contribution in [0.25, 0.3) is 16.5 Å². The molecule has 0 unspecified atom stereocenters. The van der Waals surface area contributed by atoms with E-state index in [2.05, 4.69) is 20.2 Å². The first kappa shape index (κ1) is 24.2. The molecule has 4 aromatic rings. The SMILES string of the molecule is CCNC(=O)c1ccc(C)c(-n2ccc3ccc(OCCN(C)Cc4c[nH]c(C)n4)cc3c2=O)c1. The van der Waals surface area contributed by atoms with Crippen LogP contribution in [-0.4, -0.2) is 52.1 Å². The van der Waals surface area contributed by atoms with Crippen LogP contribution >= 0.6 is 0 Å². The predicted molar refractivity (Wildman–Crippen MR) is 137 cm³/mol. The molecule has 0 spiro atoms. The van der Waals surface area contributed by atoms with Gasteiger partial charge in [-0.05, 0) is 69.1 Å². The van der Waals surface area contributed by atoms with Crippen molar-refractivity contribution in [1.82, 2.24) is 24.8 Å². The lowest BCUT2D eigenvalue weighted by molar-refractivity contribution is 0.0956. The van der Waals surface area contributed by atoms with Crippen LogP contribution in [-0.2, 0) is 6.54 Å². The molecule has 0 saturated carbocycles. The molecule has 2 aromatic carbocycles. The number of nitrogens with one attached hydrogen (secondary N) is 2. The Kier molecular flexibility index (Phi) is 7.31. The summed E-state index contributed by atoms with van der Waals surface area (Å²) in [6.07, 6.45) is 3.66. The number of nitrogens with zero attached hydrogens (tertiary/aromatic N) is 3. The molecule has 0 saturated heterocycles. The number of hydrogen-bond acceptors (Lipinski definition) is 5. The summed E-state index contributed by atoms with van der Waals surface area (Å²) in [5.74, 6) is 1.38. The third kappa shape index (κ3) is 5.60. The van der Waals surface area contributed by atoms with Gasteiger partial charge in [-0.15, -0.1) is 0 Å². The third-order valence-corrected chi connectivity index (χ3v) is 5.88. The fourth-order valence-electron chi connectivity index (χ4n) is 3.99. The Morgan fingerprint density at radius 2 is 2.00 bits per heavy atom. The standard InChI is InChI=1S/C27H31N5O3/c1-5-28-26(33)21-7-6-18(2)25(14-21)32-11-10-20-8-9-23(15-24(20)27(32)34)35-13-12-31(4)17-22-16-29-19(3)30-22/h6-11,14-16H,5,12-13,17H2,1-4H3,(H,28,33)(H,29,30). The van der Waals surface area contributed by atoms with E-state index in [0.717, 1.165) is 35.6 Å². The number of fused-ring (bicyclic) bond motifs is 1. The minimum atomic E-state index is -0.161. The monoisotopic (exact) mass is 473 g/mol. The van der Waals surface area contributed by atoms with Crippen molar-refractivity contribution in [2.75, 3.05) is 26.7 Å². The van der Waals surface area contributed by atoms with Gasteiger partial charge < -0.3 is 15.0 Å². The van der Waals surface area contributed by atoms with E-state index in [1.165, 1.54) is 0 Å². The lowest BCUT2D eigenvalue weighted by Crippen LogP contribution is -2.24. The highest BCUT2D eigenvalue weighted by Crippen LogP contribution is 2.21. The number of likely N-dealkylation sites (N-methyl/N-ethyl adjacent to an activating group) is 1. The van der Waals surface area contributed by atoms with Gasteiger partial charge in [-0.25, -0.2) is 4.98 Å². The zero-order valence-electron chi connectivity index (χ0n) is 20.6. The molecule has 0 atom stereocenters. The van der Waals surface area contributed by atoms with Gasteiger partial charge in [0.25, 0.3) is 11.5 Å². The van der Waals surface area contributed by atoms with Crippen molar-refractivity contribution >= 4 is 16.7 Å². The van der Waals surface area contributed by atoms with E-state index in [9.17, 15) is 9.59 Å². The summed E-state index contributed by atoms with van der Waals surface area (Å²) in [5.41, 5.74) is 2.94. The number of carbonyl (C=O) groups is 1. The summed E-state index contributed by atoms with van der Waals surface area (Å²) in [5, 5.41) is 4.20. The second kappa shape index (κ2) is 10.6. The van der Waals surface area contributed by atoms with E-state index in [-0.39, 0.29) is 11.5 Å². The molecule has 0 fully saturated rings. The van der Waals surface area contributed by atoms with Gasteiger partial charge in [-0.1, -0.05) is 12.1 Å². The largest absolute Gasteiger partial charge is 0.492 e. The topological polar surface area (TPSA) is 92.2 Å². The lowest BCUT2D eigenvalue weighted by Gasteiger charge is -2.16. The van der Waals surface area contributed by atoms with E-state index in [1.54, 1.807) is 29.0 Å². The van der Waals surface area contributed by atoms with Gasteiger partial charge in [0, 0.05) is 37.6 Å². The number of pyridine rings is 1. The molecule has 2 aromatic heterocycles. The molecule has 8 nitrogen and oxygen atoms in total. The number of aryl methyl sites for hydroxylation is 2. The summed E-state index contributed by atoms with van der Waals surface area (Å²) in [7, 11) is 2.02. The van der Waals surface area contributed by atoms with E-state index >= 15 is 0 Å². The number of aromatic amines is 1. The van der Waals surface area contributed by atoms with Crippen LogP contribution in [0.15, 0.2) is 59.7 Å². The van der Waals surface area contributed by atoms with Gasteiger partial charge in [0.05, 0.1) is 16.8 Å². The Morgan fingerprint density at radius 3 is 2.74 bits per heavy atom. The van der Waals surface area contributed by atoms with Crippen LogP contribution in [0.1, 0.15) is 34.4 Å². The molecule has 2 heterocycles. The molecule has 4 rings (SSSR count). The van der Waals surface area contributed by atoms with E-state index in [0.29, 0.717) is 35.5 Å². The molecular weight excluding hydrogens is 442 g/mol. The number of benzene rings is 2. The molecule has 0 aliphatic heterocycles. The number of aromatic nitrogens is 3. The Morgan fingerprint density at radius 1 is 1.17 bits per heavy atom. The normalized spacial score (nSPS) is 11.2. The van der Waals surface area contributed by atoms with Gasteiger partial charge in [0.1, 0.15) is 18.2 Å². The first-order valence-corrected chi connectivity index (χ1v) is 11.7. The maximum atomic E-state index is 13.4. The highest BCUT2D eigenvalue weighted by atomic mass is 16.5. The van der Waals surface area contributed by atoms with Crippen LogP contribution in [0.3, 0.4) is 0 Å². The van der Waals surface area contributed by atoms with Crippen LogP contribution in [0.4, 0.5) is 0 Å². The molecule has 182 valence electrons. The Hall–Kier alpha value is -3.91. The molecule has 0 bridgehead atoms. The predicted octanol–water partition coefficient (Wildman–Crippen LogP) is 3.59. The molecule has 8 heteroatoms. The summed E-state index contributed by atoms with van der Waals surface area (Å²) in [4.78, 5) is 35.4. The van der Waals surface area contributed by atoms with Crippen molar-refractivity contribution < 1.29 is 9.53 Å². The molecule has 0 radical (unpaired) electrons. The second-order valence-electron chi connectivity index (χ2n) is 8.66. The van der Waals surface area contributed by atoms with Gasteiger partial charge >= 0.3 is 0 Å². The van der Waals surface area contributed by atoms with Crippen molar-refractivity contribution in [2.45, 2.75) is 27.3 Å². The fourth-order valence-corrected chi connectivity index (χ4v) is 3.99. The van der Waals surface area contributed by atoms with Crippen molar-refractivity contribution in [2.24, 2.45) is 0 Å². The number of hydrogen-bond donors (Lipinski definition) is 2. The summed E-state index contributed by atoms with van der Waals surface area (Å²) < 4.78 is 7.55. The van der Waals surface area contributed by atoms with Gasteiger partial charge in [0.15, 0.2) is 0 Å². The average Bonchev–Trinajstić information content (AvgIpc) is 3.24. The van der Waals surface area contributed by atoms with Crippen LogP contribution in [0, 0.1) is 13.8 Å². The first-order chi connectivity index (χ1) is 16.9.